The van der Waals surface area contributed by atoms with Crippen LogP contribution in [0, 0.1) is 0 Å². The topological polar surface area (TPSA) is 93.1 Å². The minimum Gasteiger partial charge on any atom is -0.481 e. The number of carboxylic acids is 1. The summed E-state index contributed by atoms with van der Waals surface area (Å²) in [6.07, 6.45) is 0.125. The van der Waals surface area contributed by atoms with E-state index in [9.17, 15) is 14.4 Å². The Kier molecular flexibility index (Phi) is 10.7. The van der Waals surface area contributed by atoms with Gasteiger partial charge in [-0.25, -0.2) is 14.5 Å². The third kappa shape index (κ3) is 13.0. The molecular weight excluding hydrogens is 338 g/mol. The fraction of sp³-hybridized carbons (Fsp3) is 0.812. The lowest BCUT2D eigenvalue weighted by Crippen LogP contribution is -2.44. The van der Waals surface area contributed by atoms with Gasteiger partial charge in [-0.3, -0.25) is 4.79 Å². The zero-order chi connectivity index (χ0) is 18.3. The molecule has 0 aliphatic carbocycles. The first-order chi connectivity index (χ1) is 10.3. The average Bonchev–Trinajstić information content (AvgIpc) is 2.28. The molecule has 24 heavy (non-hydrogen) atoms. The van der Waals surface area contributed by atoms with Crippen LogP contribution in [0.4, 0.5) is 9.59 Å². The molecule has 0 rings (SSSR count). The van der Waals surface area contributed by atoms with E-state index >= 15 is 0 Å². The number of hydrogen-bond donors (Lipinski definition) is 1. The zero-order valence-electron chi connectivity index (χ0n) is 15.4. The van der Waals surface area contributed by atoms with Crippen molar-refractivity contribution in [3.63, 3.8) is 0 Å². The number of amides is 2. The molecule has 0 spiro atoms. The predicted molar refractivity (Wildman–Crippen MR) is 92.5 cm³/mol. The van der Waals surface area contributed by atoms with Crippen LogP contribution in [-0.4, -0.2) is 45.9 Å². The number of halogens is 1. The highest BCUT2D eigenvalue weighted by Gasteiger charge is 2.30. The van der Waals surface area contributed by atoms with Gasteiger partial charge in [-0.2, -0.15) is 0 Å². The minimum absolute atomic E-state index is 0. The first kappa shape index (κ1) is 24.7. The molecule has 7 nitrogen and oxygen atoms in total. The molecule has 0 aliphatic heterocycles. The number of hydrogen-bond acceptors (Lipinski definition) is 5. The number of carbonyl (C=O) groups excluding carboxylic acids is 2. The van der Waals surface area contributed by atoms with Crippen LogP contribution in [0.1, 0.15) is 67.2 Å². The van der Waals surface area contributed by atoms with E-state index < -0.39 is 29.4 Å². The molecular formula is C16H30ClNO6. The maximum atomic E-state index is 12.2. The summed E-state index contributed by atoms with van der Waals surface area (Å²) in [5.74, 6) is -0.860. The van der Waals surface area contributed by atoms with E-state index in [0.717, 1.165) is 4.90 Å². The highest BCUT2D eigenvalue weighted by atomic mass is 35.5. The van der Waals surface area contributed by atoms with Crippen LogP contribution in [0.5, 0.6) is 0 Å². The molecule has 0 aromatic heterocycles. The van der Waals surface area contributed by atoms with Gasteiger partial charge in [-0.1, -0.05) is 6.42 Å². The number of ether oxygens (including phenoxy) is 2. The van der Waals surface area contributed by atoms with Gasteiger partial charge >= 0.3 is 18.2 Å². The van der Waals surface area contributed by atoms with Gasteiger partial charge in [-0.15, -0.1) is 12.4 Å². The maximum absolute atomic E-state index is 12.2. The fourth-order valence-electron chi connectivity index (χ4n) is 1.61. The summed E-state index contributed by atoms with van der Waals surface area (Å²) in [5, 5.41) is 8.59. The Morgan fingerprint density at radius 1 is 0.833 bits per heavy atom. The molecule has 0 unspecified atom stereocenters. The Bertz CT molecular complexity index is 397. The van der Waals surface area contributed by atoms with Gasteiger partial charge in [0.1, 0.15) is 11.2 Å². The van der Waals surface area contributed by atoms with Gasteiger partial charge in [0.05, 0.1) is 0 Å². The monoisotopic (exact) mass is 367 g/mol. The molecule has 0 heterocycles. The van der Waals surface area contributed by atoms with Gasteiger partial charge in [0.2, 0.25) is 0 Å². The van der Waals surface area contributed by atoms with E-state index in [1.165, 1.54) is 0 Å². The zero-order valence-corrected chi connectivity index (χ0v) is 16.2. The van der Waals surface area contributed by atoms with Crippen molar-refractivity contribution in [1.29, 1.82) is 0 Å². The van der Waals surface area contributed by atoms with Crippen LogP contribution in [0.3, 0.4) is 0 Å². The molecule has 142 valence electrons. The molecule has 0 saturated carbocycles. The number of carbonyl (C=O) groups is 3. The van der Waals surface area contributed by atoms with Gasteiger partial charge < -0.3 is 14.6 Å². The Labute approximate surface area is 150 Å². The second-order valence-electron chi connectivity index (χ2n) is 7.32. The molecule has 0 atom stereocenters. The lowest BCUT2D eigenvalue weighted by Gasteiger charge is -2.28. The maximum Gasteiger partial charge on any atom is 0.419 e. The van der Waals surface area contributed by atoms with Crippen molar-refractivity contribution < 1.29 is 29.0 Å². The number of unbranched alkanes of at least 4 members (excludes halogenated alkanes) is 2. The normalized spacial score (nSPS) is 11.2. The van der Waals surface area contributed by atoms with Crippen molar-refractivity contribution in [1.82, 2.24) is 4.90 Å². The summed E-state index contributed by atoms with van der Waals surface area (Å²) in [6.45, 7) is 10.4. The molecule has 0 aliphatic rings. The SMILES string of the molecule is CC(C)(C)OC(=O)N(CCCCCC(=O)O)C(=O)OC(C)(C)C.Cl. The Morgan fingerprint density at radius 2 is 1.25 bits per heavy atom. The summed E-state index contributed by atoms with van der Waals surface area (Å²) in [6, 6.07) is 0. The van der Waals surface area contributed by atoms with Crippen LogP contribution >= 0.6 is 12.4 Å². The third-order valence-corrected chi connectivity index (χ3v) is 2.50. The Morgan fingerprint density at radius 3 is 1.58 bits per heavy atom. The van der Waals surface area contributed by atoms with E-state index in [0.29, 0.717) is 19.3 Å². The predicted octanol–water partition coefficient (Wildman–Crippen LogP) is 4.23. The van der Waals surface area contributed by atoms with Crippen molar-refractivity contribution in [3.05, 3.63) is 0 Å². The Balaban J connectivity index is 0. The lowest BCUT2D eigenvalue weighted by molar-refractivity contribution is -0.137. The smallest absolute Gasteiger partial charge is 0.419 e. The van der Waals surface area contributed by atoms with E-state index in [4.69, 9.17) is 14.6 Å². The first-order valence-corrected chi connectivity index (χ1v) is 7.77. The second kappa shape index (κ2) is 10.4. The van der Waals surface area contributed by atoms with Gasteiger partial charge in [0, 0.05) is 13.0 Å². The van der Waals surface area contributed by atoms with Gasteiger partial charge in [0.25, 0.3) is 0 Å². The highest BCUT2D eigenvalue weighted by molar-refractivity contribution is 5.88. The molecule has 1 N–H and O–H groups in total. The first-order valence-electron chi connectivity index (χ1n) is 7.77. The fourth-order valence-corrected chi connectivity index (χ4v) is 1.61. The van der Waals surface area contributed by atoms with Crippen LogP contribution in [-0.2, 0) is 14.3 Å². The van der Waals surface area contributed by atoms with Crippen molar-refractivity contribution in [2.24, 2.45) is 0 Å². The molecule has 0 bridgehead atoms. The van der Waals surface area contributed by atoms with Crippen molar-refractivity contribution >= 4 is 30.6 Å². The van der Waals surface area contributed by atoms with Gasteiger partial charge in [-0.05, 0) is 54.4 Å². The molecule has 0 aromatic rings. The van der Waals surface area contributed by atoms with Crippen LogP contribution in [0.2, 0.25) is 0 Å². The lowest BCUT2D eigenvalue weighted by atomic mass is 10.2. The summed E-state index contributed by atoms with van der Waals surface area (Å²) in [4.78, 5) is 35.7. The van der Waals surface area contributed by atoms with E-state index in [1.807, 2.05) is 0 Å². The van der Waals surface area contributed by atoms with Crippen molar-refractivity contribution in [3.8, 4) is 0 Å². The minimum atomic E-state index is -0.860. The Hall–Kier alpha value is -1.50. The molecule has 0 saturated heterocycles. The molecule has 2 amide bonds. The van der Waals surface area contributed by atoms with Gasteiger partial charge in [0.15, 0.2) is 0 Å². The molecule has 8 heteroatoms. The average molecular weight is 368 g/mol. The molecule has 0 radical (unpaired) electrons. The number of imide groups is 1. The standard InChI is InChI=1S/C16H29NO6.ClH/c1-15(2,3)22-13(20)17(14(21)23-16(4,5)6)11-9-7-8-10-12(18)19;/h7-11H2,1-6H3,(H,18,19);1H. The number of rotatable bonds is 6. The summed E-state index contributed by atoms with van der Waals surface area (Å²) >= 11 is 0. The molecule has 0 aromatic carbocycles. The summed E-state index contributed by atoms with van der Waals surface area (Å²) < 4.78 is 10.4. The van der Waals surface area contributed by atoms with Crippen molar-refractivity contribution in [2.45, 2.75) is 78.4 Å². The quantitative estimate of drug-likeness (QED) is 0.706. The summed E-state index contributed by atoms with van der Waals surface area (Å²) in [7, 11) is 0. The van der Waals surface area contributed by atoms with E-state index in [1.54, 1.807) is 41.5 Å². The van der Waals surface area contributed by atoms with E-state index in [-0.39, 0.29) is 25.4 Å². The molecule has 0 fully saturated rings. The number of nitrogens with zero attached hydrogens (tertiary/aromatic N) is 1. The van der Waals surface area contributed by atoms with Crippen molar-refractivity contribution in [2.75, 3.05) is 6.54 Å². The van der Waals surface area contributed by atoms with Crippen LogP contribution < -0.4 is 0 Å². The third-order valence-electron chi connectivity index (χ3n) is 2.50. The summed E-state index contributed by atoms with van der Waals surface area (Å²) in [5.41, 5.74) is -1.44. The van der Waals surface area contributed by atoms with E-state index in [2.05, 4.69) is 0 Å². The second-order valence-corrected chi connectivity index (χ2v) is 7.32. The number of carboxylic acid groups (broad SMARTS) is 1. The van der Waals surface area contributed by atoms with Crippen LogP contribution in [0.15, 0.2) is 0 Å². The van der Waals surface area contributed by atoms with Crippen LogP contribution in [0.25, 0.3) is 0 Å². The highest BCUT2D eigenvalue weighted by Crippen LogP contribution is 2.15. The number of aliphatic carboxylic acids is 1. The largest absolute Gasteiger partial charge is 0.481 e.